The lowest BCUT2D eigenvalue weighted by Crippen LogP contribution is -2.47. The number of para-hydroxylation sites is 1. The second kappa shape index (κ2) is 4.66. The van der Waals surface area contributed by atoms with E-state index < -0.39 is 17.4 Å². The van der Waals surface area contributed by atoms with Gasteiger partial charge in [-0.1, -0.05) is 12.1 Å². The van der Waals surface area contributed by atoms with Gasteiger partial charge in [0.1, 0.15) is 5.60 Å². The SMILES string of the molecule is CNc1ccccc1C(=O)NNC(=O)C1(O)CC1. The van der Waals surface area contributed by atoms with E-state index in [2.05, 4.69) is 16.2 Å². The monoisotopic (exact) mass is 249 g/mol. The summed E-state index contributed by atoms with van der Waals surface area (Å²) in [4.78, 5) is 23.3. The fraction of sp³-hybridized carbons (Fsp3) is 0.333. The maximum Gasteiger partial charge on any atom is 0.271 e. The largest absolute Gasteiger partial charge is 0.387 e. The molecule has 1 aliphatic rings. The molecule has 0 radical (unpaired) electrons. The van der Waals surface area contributed by atoms with E-state index in [-0.39, 0.29) is 0 Å². The fourth-order valence-corrected chi connectivity index (χ4v) is 1.54. The van der Waals surface area contributed by atoms with Crippen LogP contribution < -0.4 is 16.2 Å². The Balaban J connectivity index is 1.97. The normalized spacial score (nSPS) is 15.7. The van der Waals surface area contributed by atoms with Gasteiger partial charge in [-0.3, -0.25) is 20.4 Å². The zero-order chi connectivity index (χ0) is 13.2. The number of benzene rings is 1. The number of rotatable bonds is 3. The Bertz CT molecular complexity index is 483. The minimum atomic E-state index is -1.30. The minimum absolute atomic E-state index is 0.420. The van der Waals surface area contributed by atoms with Crippen molar-refractivity contribution in [2.45, 2.75) is 18.4 Å². The number of hydrogen-bond donors (Lipinski definition) is 4. The third-order valence-corrected chi connectivity index (χ3v) is 2.88. The Hall–Kier alpha value is -2.08. The van der Waals surface area contributed by atoms with Crippen molar-refractivity contribution in [1.29, 1.82) is 0 Å². The van der Waals surface area contributed by atoms with Crippen molar-refractivity contribution in [3.63, 3.8) is 0 Å². The highest BCUT2D eigenvalue weighted by Crippen LogP contribution is 2.34. The third kappa shape index (κ3) is 2.43. The van der Waals surface area contributed by atoms with Crippen molar-refractivity contribution in [3.8, 4) is 0 Å². The first-order valence-corrected chi connectivity index (χ1v) is 5.67. The standard InChI is InChI=1S/C12H15N3O3/c1-13-9-5-3-2-4-8(9)10(16)14-15-11(17)12(18)6-7-12/h2-5,13,18H,6-7H2,1H3,(H,14,16)(H,15,17). The smallest absolute Gasteiger partial charge is 0.271 e. The van der Waals surface area contributed by atoms with Crippen LogP contribution in [0, 0.1) is 0 Å². The molecule has 0 unspecified atom stereocenters. The number of hydrogen-bond acceptors (Lipinski definition) is 4. The summed E-state index contributed by atoms with van der Waals surface area (Å²) in [7, 11) is 1.71. The van der Waals surface area contributed by atoms with E-state index in [1.165, 1.54) is 0 Å². The molecule has 96 valence electrons. The maximum atomic E-state index is 11.8. The first kappa shape index (κ1) is 12.4. The molecule has 1 aromatic rings. The molecule has 4 N–H and O–H groups in total. The summed E-state index contributed by atoms with van der Waals surface area (Å²) < 4.78 is 0. The molecule has 0 heterocycles. The molecule has 0 atom stereocenters. The summed E-state index contributed by atoms with van der Waals surface area (Å²) in [5.41, 5.74) is 4.29. The molecule has 1 fully saturated rings. The van der Waals surface area contributed by atoms with Gasteiger partial charge in [0.25, 0.3) is 11.8 Å². The molecule has 0 saturated heterocycles. The number of nitrogens with one attached hydrogen (secondary N) is 3. The van der Waals surface area contributed by atoms with Gasteiger partial charge in [0.2, 0.25) is 0 Å². The van der Waals surface area contributed by atoms with Crippen molar-refractivity contribution < 1.29 is 14.7 Å². The van der Waals surface area contributed by atoms with Gasteiger partial charge in [-0.15, -0.1) is 0 Å². The van der Waals surface area contributed by atoms with Crippen LogP contribution in [-0.4, -0.2) is 29.6 Å². The molecule has 6 heteroatoms. The molecule has 18 heavy (non-hydrogen) atoms. The molecule has 1 saturated carbocycles. The van der Waals surface area contributed by atoms with Crippen LogP contribution in [0.1, 0.15) is 23.2 Å². The van der Waals surface area contributed by atoms with Crippen molar-refractivity contribution in [2.75, 3.05) is 12.4 Å². The number of carbonyl (C=O) groups is 2. The average molecular weight is 249 g/mol. The van der Waals surface area contributed by atoms with Crippen LogP contribution in [0.25, 0.3) is 0 Å². The van der Waals surface area contributed by atoms with E-state index in [1.54, 1.807) is 31.3 Å². The van der Waals surface area contributed by atoms with Crippen LogP contribution in [0.15, 0.2) is 24.3 Å². The van der Waals surface area contributed by atoms with Gasteiger partial charge in [-0.25, -0.2) is 0 Å². The lowest BCUT2D eigenvalue weighted by Gasteiger charge is -2.12. The second-order valence-electron chi connectivity index (χ2n) is 4.24. The molecular formula is C12H15N3O3. The predicted molar refractivity (Wildman–Crippen MR) is 65.8 cm³/mol. The summed E-state index contributed by atoms with van der Waals surface area (Å²) in [6.45, 7) is 0. The maximum absolute atomic E-state index is 11.8. The molecule has 2 amide bonds. The van der Waals surface area contributed by atoms with E-state index in [1.807, 2.05) is 0 Å². The Labute approximate surface area is 104 Å². The summed E-state index contributed by atoms with van der Waals surface area (Å²) in [6.07, 6.45) is 0.865. The Morgan fingerprint density at radius 3 is 2.50 bits per heavy atom. The van der Waals surface area contributed by atoms with Crippen molar-refractivity contribution >= 4 is 17.5 Å². The Kier molecular flexibility index (Phi) is 3.20. The highest BCUT2D eigenvalue weighted by Gasteiger charge is 2.48. The fourth-order valence-electron chi connectivity index (χ4n) is 1.54. The summed E-state index contributed by atoms with van der Waals surface area (Å²) >= 11 is 0. The molecule has 0 aromatic heterocycles. The van der Waals surface area contributed by atoms with E-state index in [9.17, 15) is 14.7 Å². The van der Waals surface area contributed by atoms with Gasteiger partial charge in [-0.2, -0.15) is 0 Å². The third-order valence-electron chi connectivity index (χ3n) is 2.88. The van der Waals surface area contributed by atoms with Gasteiger partial charge in [0.05, 0.1) is 5.56 Å². The van der Waals surface area contributed by atoms with E-state index in [4.69, 9.17) is 0 Å². The van der Waals surface area contributed by atoms with Crippen LogP contribution in [-0.2, 0) is 4.79 Å². The van der Waals surface area contributed by atoms with Gasteiger partial charge < -0.3 is 10.4 Å². The van der Waals surface area contributed by atoms with Gasteiger partial charge >= 0.3 is 0 Å². The number of hydrazine groups is 1. The molecule has 1 aromatic carbocycles. The number of carbonyl (C=O) groups excluding carboxylic acids is 2. The molecule has 1 aliphatic carbocycles. The van der Waals surface area contributed by atoms with Crippen LogP contribution in [0.2, 0.25) is 0 Å². The zero-order valence-corrected chi connectivity index (χ0v) is 9.99. The summed E-state index contributed by atoms with van der Waals surface area (Å²) in [6, 6.07) is 6.92. The number of aliphatic hydroxyl groups is 1. The summed E-state index contributed by atoms with van der Waals surface area (Å²) in [5, 5.41) is 12.4. The minimum Gasteiger partial charge on any atom is -0.387 e. The Morgan fingerprint density at radius 1 is 1.22 bits per heavy atom. The second-order valence-corrected chi connectivity index (χ2v) is 4.24. The van der Waals surface area contributed by atoms with Gasteiger partial charge in [-0.05, 0) is 25.0 Å². The lowest BCUT2D eigenvalue weighted by atomic mass is 10.1. The number of anilines is 1. The van der Waals surface area contributed by atoms with Crippen LogP contribution in [0.5, 0.6) is 0 Å². The highest BCUT2D eigenvalue weighted by molar-refractivity contribution is 6.01. The zero-order valence-electron chi connectivity index (χ0n) is 9.99. The molecule has 6 nitrogen and oxygen atoms in total. The van der Waals surface area contributed by atoms with E-state index in [0.29, 0.717) is 24.1 Å². The quantitative estimate of drug-likeness (QED) is 0.568. The predicted octanol–water partition coefficient (Wildman–Crippen LogP) is 0.0142. The lowest BCUT2D eigenvalue weighted by molar-refractivity contribution is -0.132. The average Bonchev–Trinajstić information content (AvgIpc) is 3.14. The van der Waals surface area contributed by atoms with Crippen LogP contribution >= 0.6 is 0 Å². The molecule has 2 rings (SSSR count). The van der Waals surface area contributed by atoms with E-state index in [0.717, 1.165) is 0 Å². The van der Waals surface area contributed by atoms with E-state index >= 15 is 0 Å². The topological polar surface area (TPSA) is 90.5 Å². The molecule has 0 bridgehead atoms. The molecular weight excluding hydrogens is 234 g/mol. The van der Waals surface area contributed by atoms with Gasteiger partial charge in [0, 0.05) is 12.7 Å². The van der Waals surface area contributed by atoms with Crippen molar-refractivity contribution in [1.82, 2.24) is 10.9 Å². The van der Waals surface area contributed by atoms with Crippen molar-refractivity contribution in [2.24, 2.45) is 0 Å². The van der Waals surface area contributed by atoms with Gasteiger partial charge in [0.15, 0.2) is 0 Å². The van der Waals surface area contributed by atoms with Crippen LogP contribution in [0.3, 0.4) is 0 Å². The Morgan fingerprint density at radius 2 is 1.89 bits per heavy atom. The summed E-state index contributed by atoms with van der Waals surface area (Å²) in [5.74, 6) is -1.00. The van der Waals surface area contributed by atoms with Crippen molar-refractivity contribution in [3.05, 3.63) is 29.8 Å². The number of amides is 2. The molecule has 0 spiro atoms. The molecule has 0 aliphatic heterocycles. The highest BCUT2D eigenvalue weighted by atomic mass is 16.3. The first-order valence-electron chi connectivity index (χ1n) is 5.67. The first-order chi connectivity index (χ1) is 8.57. The van der Waals surface area contributed by atoms with Crippen LogP contribution in [0.4, 0.5) is 5.69 Å².